The highest BCUT2D eigenvalue weighted by atomic mass is 32.2. The minimum atomic E-state index is -3.25. The monoisotopic (exact) mass is 398 g/mol. The van der Waals surface area contributed by atoms with Crippen LogP contribution in [-0.2, 0) is 22.1 Å². The molecule has 2 aromatic heterocycles. The smallest absolute Gasteiger partial charge is 0.290 e. The number of benzene rings is 1. The molecule has 2 heterocycles. The molecule has 0 aliphatic rings. The second kappa shape index (κ2) is 8.39. The van der Waals surface area contributed by atoms with Crippen LogP contribution in [0.25, 0.3) is 0 Å². The zero-order chi connectivity index (χ0) is 20.1. The van der Waals surface area contributed by atoms with E-state index in [9.17, 15) is 13.2 Å². The Labute approximate surface area is 164 Å². The van der Waals surface area contributed by atoms with Crippen molar-refractivity contribution in [2.45, 2.75) is 25.3 Å². The molecule has 0 fully saturated rings. The summed E-state index contributed by atoms with van der Waals surface area (Å²) in [6, 6.07) is 18.0. The number of hydrogen-bond acceptors (Lipinski definition) is 5. The molecule has 7 heteroatoms. The van der Waals surface area contributed by atoms with Crippen molar-refractivity contribution in [2.24, 2.45) is 0 Å². The van der Waals surface area contributed by atoms with Gasteiger partial charge < -0.3 is 9.32 Å². The number of sulfone groups is 1. The number of carbonyl (C=O) groups is 1. The number of hydrogen-bond donors (Lipinski definition) is 0. The first-order valence-corrected chi connectivity index (χ1v) is 10.9. The molecule has 0 aliphatic carbocycles. The van der Waals surface area contributed by atoms with Crippen LogP contribution in [0.1, 0.15) is 40.5 Å². The second-order valence-electron chi connectivity index (χ2n) is 6.69. The molecule has 146 valence electrons. The molecule has 0 bridgehead atoms. The summed E-state index contributed by atoms with van der Waals surface area (Å²) in [6.45, 7) is 2.28. The quantitative estimate of drug-likeness (QED) is 0.607. The Morgan fingerprint density at radius 2 is 1.79 bits per heavy atom. The van der Waals surface area contributed by atoms with Crippen LogP contribution in [0.5, 0.6) is 0 Å². The highest BCUT2D eigenvalue weighted by molar-refractivity contribution is 7.89. The lowest BCUT2D eigenvalue weighted by atomic mass is 10.1. The third-order valence-corrected chi connectivity index (χ3v) is 5.13. The lowest BCUT2D eigenvalue weighted by molar-refractivity contribution is 0.0636. The number of rotatable bonds is 7. The summed E-state index contributed by atoms with van der Waals surface area (Å²) in [5.41, 5.74) is 1.73. The van der Waals surface area contributed by atoms with Crippen molar-refractivity contribution in [3.05, 3.63) is 89.6 Å². The maximum absolute atomic E-state index is 13.2. The number of nitrogens with zero attached hydrogens (tertiary/aromatic N) is 2. The summed E-state index contributed by atoms with van der Waals surface area (Å²) < 4.78 is 28.5. The van der Waals surface area contributed by atoms with Gasteiger partial charge in [-0.25, -0.2) is 8.42 Å². The average molecular weight is 398 g/mol. The van der Waals surface area contributed by atoms with E-state index in [1.54, 1.807) is 11.1 Å². The lowest BCUT2D eigenvalue weighted by Gasteiger charge is -2.28. The van der Waals surface area contributed by atoms with E-state index in [2.05, 4.69) is 4.98 Å². The molecule has 0 N–H and O–H groups in total. The van der Waals surface area contributed by atoms with E-state index in [1.165, 1.54) is 12.1 Å². The van der Waals surface area contributed by atoms with Gasteiger partial charge in [0.2, 0.25) is 0 Å². The summed E-state index contributed by atoms with van der Waals surface area (Å²) in [7, 11) is -3.25. The van der Waals surface area contributed by atoms with Crippen molar-refractivity contribution >= 4 is 15.7 Å². The molecule has 1 atom stereocenters. The van der Waals surface area contributed by atoms with Gasteiger partial charge in [-0.15, -0.1) is 0 Å². The van der Waals surface area contributed by atoms with E-state index in [-0.39, 0.29) is 29.2 Å². The van der Waals surface area contributed by atoms with Gasteiger partial charge in [-0.3, -0.25) is 9.78 Å². The Morgan fingerprint density at radius 3 is 2.43 bits per heavy atom. The van der Waals surface area contributed by atoms with Crippen molar-refractivity contribution in [3.8, 4) is 0 Å². The van der Waals surface area contributed by atoms with Crippen LogP contribution in [0.3, 0.4) is 0 Å². The highest BCUT2D eigenvalue weighted by Gasteiger charge is 2.26. The third-order valence-electron chi connectivity index (χ3n) is 4.32. The van der Waals surface area contributed by atoms with Crippen LogP contribution < -0.4 is 0 Å². The van der Waals surface area contributed by atoms with E-state index in [1.807, 2.05) is 55.5 Å². The molecule has 0 aliphatic heterocycles. The van der Waals surface area contributed by atoms with Gasteiger partial charge in [0.25, 0.3) is 5.91 Å². The first-order chi connectivity index (χ1) is 13.3. The molecule has 0 radical (unpaired) electrons. The topological polar surface area (TPSA) is 80.5 Å². The normalized spacial score (nSPS) is 12.5. The van der Waals surface area contributed by atoms with Gasteiger partial charge in [-0.05, 0) is 36.8 Å². The average Bonchev–Trinajstić information content (AvgIpc) is 3.13. The first-order valence-electron chi connectivity index (χ1n) is 8.86. The number of furan rings is 1. The fourth-order valence-electron chi connectivity index (χ4n) is 2.92. The van der Waals surface area contributed by atoms with E-state index in [4.69, 9.17) is 4.42 Å². The molecule has 3 aromatic rings. The molecule has 0 saturated heterocycles. The van der Waals surface area contributed by atoms with Crippen LogP contribution in [0.15, 0.2) is 71.3 Å². The molecule has 0 saturated carbocycles. The number of amides is 1. The SMILES string of the molecule is CC(c1ccccn1)N(Cc1ccccc1)C(=O)c1ccc(CS(C)(=O)=O)o1. The molecule has 28 heavy (non-hydrogen) atoms. The molecule has 1 amide bonds. The van der Waals surface area contributed by atoms with Crippen LogP contribution >= 0.6 is 0 Å². The van der Waals surface area contributed by atoms with Crippen LogP contribution in [-0.4, -0.2) is 30.5 Å². The molecule has 1 unspecified atom stereocenters. The zero-order valence-corrected chi connectivity index (χ0v) is 16.6. The Balaban J connectivity index is 1.90. The van der Waals surface area contributed by atoms with E-state index >= 15 is 0 Å². The minimum absolute atomic E-state index is 0.109. The summed E-state index contributed by atoms with van der Waals surface area (Å²) in [5, 5.41) is 0. The van der Waals surface area contributed by atoms with Crippen molar-refractivity contribution in [1.82, 2.24) is 9.88 Å². The Bertz CT molecular complexity index is 1030. The summed E-state index contributed by atoms with van der Waals surface area (Å²) >= 11 is 0. The zero-order valence-electron chi connectivity index (χ0n) is 15.8. The Hall–Kier alpha value is -2.93. The Morgan fingerprint density at radius 1 is 1.07 bits per heavy atom. The fraction of sp³-hybridized carbons (Fsp3) is 0.238. The molecular formula is C21H22N2O4S. The minimum Gasteiger partial charge on any atom is -0.455 e. The standard InChI is InChI=1S/C21H22N2O4S/c1-16(19-10-6-7-13-22-19)23(14-17-8-4-3-5-9-17)21(24)20-12-11-18(27-20)15-28(2,25)26/h3-13,16H,14-15H2,1-2H3. The second-order valence-corrected chi connectivity index (χ2v) is 8.83. The molecular weight excluding hydrogens is 376 g/mol. The van der Waals surface area contributed by atoms with E-state index in [0.717, 1.165) is 17.5 Å². The third kappa shape index (κ3) is 5.07. The number of pyridine rings is 1. The van der Waals surface area contributed by atoms with Crippen LogP contribution in [0.4, 0.5) is 0 Å². The van der Waals surface area contributed by atoms with Gasteiger partial charge in [-0.1, -0.05) is 36.4 Å². The highest BCUT2D eigenvalue weighted by Crippen LogP contribution is 2.24. The fourth-order valence-corrected chi connectivity index (χ4v) is 3.59. The van der Waals surface area contributed by atoms with Gasteiger partial charge in [0, 0.05) is 19.0 Å². The largest absolute Gasteiger partial charge is 0.455 e. The van der Waals surface area contributed by atoms with Crippen LogP contribution in [0, 0.1) is 0 Å². The van der Waals surface area contributed by atoms with Gasteiger partial charge >= 0.3 is 0 Å². The van der Waals surface area contributed by atoms with E-state index < -0.39 is 9.84 Å². The van der Waals surface area contributed by atoms with Gasteiger partial charge in [0.05, 0.1) is 11.7 Å². The van der Waals surface area contributed by atoms with Crippen molar-refractivity contribution in [3.63, 3.8) is 0 Å². The maximum atomic E-state index is 13.2. The predicted molar refractivity (Wildman–Crippen MR) is 106 cm³/mol. The van der Waals surface area contributed by atoms with Crippen molar-refractivity contribution in [2.75, 3.05) is 6.26 Å². The van der Waals surface area contributed by atoms with Gasteiger partial charge in [0.15, 0.2) is 15.6 Å². The summed E-state index contributed by atoms with van der Waals surface area (Å²) in [6.07, 6.45) is 2.82. The number of carbonyl (C=O) groups excluding carboxylic acids is 1. The number of aromatic nitrogens is 1. The summed E-state index contributed by atoms with van der Waals surface area (Å²) in [4.78, 5) is 19.2. The maximum Gasteiger partial charge on any atom is 0.290 e. The summed E-state index contributed by atoms with van der Waals surface area (Å²) in [5.74, 6) is -0.204. The van der Waals surface area contributed by atoms with Crippen molar-refractivity contribution < 1.29 is 17.6 Å². The van der Waals surface area contributed by atoms with Gasteiger partial charge in [-0.2, -0.15) is 0 Å². The molecule has 0 spiro atoms. The lowest BCUT2D eigenvalue weighted by Crippen LogP contribution is -2.33. The van der Waals surface area contributed by atoms with Crippen LogP contribution in [0.2, 0.25) is 0 Å². The first kappa shape index (κ1) is 19.8. The Kier molecular flexibility index (Phi) is 5.94. The van der Waals surface area contributed by atoms with Gasteiger partial charge in [0.1, 0.15) is 11.5 Å². The van der Waals surface area contributed by atoms with Crippen molar-refractivity contribution in [1.29, 1.82) is 0 Å². The molecule has 3 rings (SSSR count). The van der Waals surface area contributed by atoms with E-state index in [0.29, 0.717) is 6.54 Å². The molecule has 6 nitrogen and oxygen atoms in total. The molecule has 1 aromatic carbocycles. The predicted octanol–water partition coefficient (Wildman–Crippen LogP) is 3.62.